The number of pyridine rings is 1. The normalized spacial score (nSPS) is 11.2. The van der Waals surface area contributed by atoms with Crippen LogP contribution in [0.3, 0.4) is 0 Å². The molecular formula is C18H17N5O3. The van der Waals surface area contributed by atoms with Gasteiger partial charge in [0.05, 0.1) is 24.0 Å². The number of rotatable bonds is 6. The summed E-state index contributed by atoms with van der Waals surface area (Å²) < 4.78 is 8.40. The molecule has 0 spiro atoms. The van der Waals surface area contributed by atoms with E-state index in [1.165, 1.54) is 4.68 Å². The minimum Gasteiger partial charge on any atom is -0.463 e. The second-order valence-corrected chi connectivity index (χ2v) is 5.93. The molecule has 132 valence electrons. The van der Waals surface area contributed by atoms with E-state index in [9.17, 15) is 9.59 Å². The zero-order valence-corrected chi connectivity index (χ0v) is 14.0. The third kappa shape index (κ3) is 3.08. The van der Waals surface area contributed by atoms with Gasteiger partial charge in [0, 0.05) is 31.3 Å². The number of hydrogen-bond donors (Lipinski definition) is 1. The Kier molecular flexibility index (Phi) is 4.22. The molecule has 8 nitrogen and oxygen atoms in total. The van der Waals surface area contributed by atoms with Crippen LogP contribution in [0.5, 0.6) is 0 Å². The molecule has 0 aromatic carbocycles. The monoisotopic (exact) mass is 351 g/mol. The van der Waals surface area contributed by atoms with Gasteiger partial charge in [0.2, 0.25) is 5.91 Å². The zero-order chi connectivity index (χ0) is 17.9. The Bertz CT molecular complexity index is 1110. The number of fused-ring (bicyclic) bond motifs is 3. The molecule has 0 aliphatic heterocycles. The van der Waals surface area contributed by atoms with Crippen molar-refractivity contribution in [3.63, 3.8) is 0 Å². The summed E-state index contributed by atoms with van der Waals surface area (Å²) in [4.78, 5) is 28.6. The highest BCUT2D eigenvalue weighted by Crippen LogP contribution is 2.18. The largest absolute Gasteiger partial charge is 0.463 e. The topological polar surface area (TPSA) is 94.4 Å². The maximum Gasteiger partial charge on any atom is 0.291 e. The molecule has 4 aromatic rings. The molecule has 0 bridgehead atoms. The Labute approximate surface area is 148 Å². The van der Waals surface area contributed by atoms with E-state index < -0.39 is 0 Å². The van der Waals surface area contributed by atoms with Crippen molar-refractivity contribution in [2.24, 2.45) is 0 Å². The van der Waals surface area contributed by atoms with Crippen LogP contribution in [0, 0.1) is 0 Å². The quantitative estimate of drug-likeness (QED) is 0.571. The van der Waals surface area contributed by atoms with Gasteiger partial charge in [0.15, 0.2) is 5.58 Å². The first kappa shape index (κ1) is 16.1. The van der Waals surface area contributed by atoms with E-state index in [1.54, 1.807) is 35.3 Å². The molecule has 4 rings (SSSR count). The number of furan rings is 1. The Balaban J connectivity index is 1.36. The molecule has 0 atom stereocenters. The summed E-state index contributed by atoms with van der Waals surface area (Å²) in [6.07, 6.45) is 5.69. The first-order chi connectivity index (χ1) is 12.7. The van der Waals surface area contributed by atoms with Gasteiger partial charge in [0.1, 0.15) is 11.8 Å². The molecule has 4 aromatic heterocycles. The lowest BCUT2D eigenvalue weighted by Gasteiger charge is -2.06. The predicted octanol–water partition coefficient (Wildman–Crippen LogP) is 1.73. The van der Waals surface area contributed by atoms with Crippen LogP contribution >= 0.6 is 0 Å². The van der Waals surface area contributed by atoms with E-state index in [-0.39, 0.29) is 11.5 Å². The summed E-state index contributed by atoms with van der Waals surface area (Å²) in [6, 6.07) is 9.05. The highest BCUT2D eigenvalue weighted by molar-refractivity contribution is 5.81. The number of nitrogens with zero attached hydrogens (tertiary/aromatic N) is 4. The number of amides is 1. The zero-order valence-electron chi connectivity index (χ0n) is 14.0. The summed E-state index contributed by atoms with van der Waals surface area (Å²) >= 11 is 0. The summed E-state index contributed by atoms with van der Waals surface area (Å²) in [7, 11) is 0. The minimum absolute atomic E-state index is 0.0787. The maximum atomic E-state index is 12.5. The molecular weight excluding hydrogens is 334 g/mol. The molecule has 0 radical (unpaired) electrons. The van der Waals surface area contributed by atoms with Crippen molar-refractivity contribution >= 4 is 22.5 Å². The van der Waals surface area contributed by atoms with Crippen LogP contribution in [0.4, 0.5) is 0 Å². The number of aromatic nitrogens is 4. The smallest absolute Gasteiger partial charge is 0.291 e. The average molecular weight is 351 g/mol. The van der Waals surface area contributed by atoms with Crippen molar-refractivity contribution in [2.75, 3.05) is 0 Å². The maximum absolute atomic E-state index is 12.5. The van der Waals surface area contributed by atoms with Crippen LogP contribution in [-0.2, 0) is 17.9 Å². The van der Waals surface area contributed by atoms with Crippen LogP contribution in [-0.4, -0.2) is 25.1 Å². The first-order valence-corrected chi connectivity index (χ1v) is 8.33. The Hall–Kier alpha value is -3.42. The van der Waals surface area contributed by atoms with Gasteiger partial charge < -0.3 is 9.73 Å². The lowest BCUT2D eigenvalue weighted by molar-refractivity contribution is -0.121. The lowest BCUT2D eigenvalue weighted by atomic mass is 10.3. The standard InChI is InChI=1S/C18H17N5O3/c24-17(20-11-13-4-1-2-7-19-13)5-3-8-23-18(25)15-10-16-14(6-9-26-16)22(15)12-21-23/h1-2,4,6-7,9-10,12H,3,5,8,11H2,(H,20,24). The molecule has 0 fully saturated rings. The molecule has 26 heavy (non-hydrogen) atoms. The number of hydrogen-bond acceptors (Lipinski definition) is 5. The van der Waals surface area contributed by atoms with Crippen molar-refractivity contribution in [1.82, 2.24) is 24.5 Å². The second kappa shape index (κ2) is 6.83. The van der Waals surface area contributed by atoms with Crippen molar-refractivity contribution in [3.8, 4) is 0 Å². The van der Waals surface area contributed by atoms with Crippen molar-refractivity contribution < 1.29 is 9.21 Å². The highest BCUT2D eigenvalue weighted by Gasteiger charge is 2.11. The van der Waals surface area contributed by atoms with Crippen LogP contribution < -0.4 is 10.9 Å². The fraction of sp³-hybridized carbons (Fsp3) is 0.222. The summed E-state index contributed by atoms with van der Waals surface area (Å²) in [5.41, 5.74) is 2.57. The molecule has 1 N–H and O–H groups in total. The molecule has 0 saturated carbocycles. The number of aryl methyl sites for hydroxylation is 1. The summed E-state index contributed by atoms with van der Waals surface area (Å²) in [5, 5.41) is 7.00. The van der Waals surface area contributed by atoms with Crippen molar-refractivity contribution in [2.45, 2.75) is 25.9 Å². The average Bonchev–Trinajstić information content (AvgIpc) is 3.25. The Morgan fingerprint density at radius 2 is 2.15 bits per heavy atom. The van der Waals surface area contributed by atoms with Crippen LogP contribution in [0.2, 0.25) is 0 Å². The Morgan fingerprint density at radius 3 is 3.00 bits per heavy atom. The third-order valence-electron chi connectivity index (χ3n) is 4.19. The first-order valence-electron chi connectivity index (χ1n) is 8.33. The molecule has 1 amide bonds. The van der Waals surface area contributed by atoms with Crippen LogP contribution in [0.25, 0.3) is 16.6 Å². The van der Waals surface area contributed by atoms with Gasteiger partial charge in [0.25, 0.3) is 5.56 Å². The van der Waals surface area contributed by atoms with Crippen LogP contribution in [0.1, 0.15) is 18.5 Å². The van der Waals surface area contributed by atoms with E-state index in [0.29, 0.717) is 37.0 Å². The van der Waals surface area contributed by atoms with Gasteiger partial charge in [-0.05, 0) is 18.6 Å². The molecule has 8 heteroatoms. The summed E-state index contributed by atoms with van der Waals surface area (Å²) in [5.74, 6) is -0.0787. The van der Waals surface area contributed by atoms with Crippen LogP contribution in [0.15, 0.2) is 58.3 Å². The van der Waals surface area contributed by atoms with E-state index in [2.05, 4.69) is 15.4 Å². The molecule has 0 aliphatic carbocycles. The van der Waals surface area contributed by atoms with E-state index in [4.69, 9.17) is 4.42 Å². The van der Waals surface area contributed by atoms with E-state index in [1.807, 2.05) is 18.2 Å². The molecule has 0 saturated heterocycles. The fourth-order valence-corrected chi connectivity index (χ4v) is 2.86. The number of nitrogens with one attached hydrogen (secondary N) is 1. The lowest BCUT2D eigenvalue weighted by Crippen LogP contribution is -2.26. The third-order valence-corrected chi connectivity index (χ3v) is 4.19. The van der Waals surface area contributed by atoms with E-state index in [0.717, 1.165) is 11.2 Å². The van der Waals surface area contributed by atoms with Crippen molar-refractivity contribution in [3.05, 3.63) is 65.2 Å². The number of carbonyl (C=O) groups is 1. The van der Waals surface area contributed by atoms with Gasteiger partial charge in [-0.2, -0.15) is 5.10 Å². The second-order valence-electron chi connectivity index (χ2n) is 5.93. The van der Waals surface area contributed by atoms with E-state index >= 15 is 0 Å². The number of carbonyl (C=O) groups excluding carboxylic acids is 1. The van der Waals surface area contributed by atoms with Gasteiger partial charge in [-0.15, -0.1) is 0 Å². The SMILES string of the molecule is O=C(CCCn1ncn2c(cc3occc32)c1=O)NCc1ccccn1. The highest BCUT2D eigenvalue weighted by atomic mass is 16.3. The molecule has 0 unspecified atom stereocenters. The summed E-state index contributed by atoms with van der Waals surface area (Å²) in [6.45, 7) is 0.770. The van der Waals surface area contributed by atoms with Crippen molar-refractivity contribution in [1.29, 1.82) is 0 Å². The fourth-order valence-electron chi connectivity index (χ4n) is 2.86. The van der Waals surface area contributed by atoms with Gasteiger partial charge in [-0.3, -0.25) is 19.0 Å². The predicted molar refractivity (Wildman–Crippen MR) is 94.5 cm³/mol. The Morgan fingerprint density at radius 1 is 1.23 bits per heavy atom. The van der Waals surface area contributed by atoms with Gasteiger partial charge in [-0.1, -0.05) is 6.07 Å². The minimum atomic E-state index is -0.201. The molecule has 0 aliphatic rings. The molecule has 4 heterocycles. The van der Waals surface area contributed by atoms with Gasteiger partial charge >= 0.3 is 0 Å². The van der Waals surface area contributed by atoms with Gasteiger partial charge in [-0.25, -0.2) is 4.68 Å².